The molecule has 0 saturated heterocycles. The first-order chi connectivity index (χ1) is 14.4. The van der Waals surface area contributed by atoms with E-state index in [1.165, 1.54) is 4.31 Å². The Morgan fingerprint density at radius 1 is 0.900 bits per heavy atom. The van der Waals surface area contributed by atoms with Crippen LogP contribution in [0.5, 0.6) is 5.75 Å². The van der Waals surface area contributed by atoms with Gasteiger partial charge in [-0.1, -0.05) is 35.9 Å². The molecule has 0 N–H and O–H groups in total. The van der Waals surface area contributed by atoms with Crippen LogP contribution in [0.1, 0.15) is 28.8 Å². The van der Waals surface area contributed by atoms with Crippen molar-refractivity contribution in [1.82, 2.24) is 0 Å². The zero-order chi connectivity index (χ0) is 21.6. The van der Waals surface area contributed by atoms with Gasteiger partial charge < -0.3 is 4.74 Å². The van der Waals surface area contributed by atoms with E-state index in [9.17, 15) is 13.2 Å². The molecular formula is C24H25NO4S. The second kappa shape index (κ2) is 9.59. The van der Waals surface area contributed by atoms with Crippen LogP contribution in [0.25, 0.3) is 0 Å². The quantitative estimate of drug-likeness (QED) is 0.461. The third-order valence-corrected chi connectivity index (χ3v) is 6.67. The van der Waals surface area contributed by atoms with Gasteiger partial charge in [-0.05, 0) is 61.9 Å². The zero-order valence-corrected chi connectivity index (χ0v) is 17.9. The molecule has 0 aliphatic carbocycles. The Morgan fingerprint density at radius 2 is 1.53 bits per heavy atom. The van der Waals surface area contributed by atoms with Gasteiger partial charge in [0, 0.05) is 18.5 Å². The van der Waals surface area contributed by atoms with Crippen LogP contribution in [-0.4, -0.2) is 27.9 Å². The fourth-order valence-electron chi connectivity index (χ4n) is 3.12. The molecule has 3 rings (SSSR count). The van der Waals surface area contributed by atoms with Crippen LogP contribution in [0.4, 0.5) is 5.69 Å². The van der Waals surface area contributed by atoms with E-state index in [4.69, 9.17) is 4.74 Å². The lowest BCUT2D eigenvalue weighted by atomic mass is 10.1. The molecule has 0 radical (unpaired) electrons. The van der Waals surface area contributed by atoms with Crippen LogP contribution in [0, 0.1) is 6.92 Å². The molecule has 0 fully saturated rings. The smallest absolute Gasteiger partial charge is 0.264 e. The summed E-state index contributed by atoms with van der Waals surface area (Å²) in [5.74, 6) is 0.657. The molecule has 0 aliphatic heterocycles. The van der Waals surface area contributed by atoms with E-state index in [0.29, 0.717) is 23.4 Å². The highest BCUT2D eigenvalue weighted by molar-refractivity contribution is 7.92. The minimum atomic E-state index is -3.74. The van der Waals surface area contributed by atoms with Gasteiger partial charge in [0.05, 0.1) is 17.7 Å². The molecule has 0 atom stereocenters. The first-order valence-electron chi connectivity index (χ1n) is 9.73. The molecule has 5 nitrogen and oxygen atoms in total. The SMILES string of the molecule is COc1ccc(C(=O)CCCN(c2ccccc2)S(=O)(=O)c2ccc(C)cc2)cc1. The standard InChI is InChI=1S/C24H25NO4S/c1-19-10-16-23(17-11-19)30(27,28)25(21-7-4-3-5-8-21)18-6-9-24(26)20-12-14-22(29-2)15-13-20/h3-5,7-8,10-17H,6,9,18H2,1-2H3. The molecule has 30 heavy (non-hydrogen) atoms. The third kappa shape index (κ3) is 5.07. The van der Waals surface area contributed by atoms with E-state index in [0.717, 1.165) is 5.56 Å². The summed E-state index contributed by atoms with van der Waals surface area (Å²) in [5, 5.41) is 0. The summed E-state index contributed by atoms with van der Waals surface area (Å²) in [5.41, 5.74) is 2.16. The van der Waals surface area contributed by atoms with Crippen LogP contribution < -0.4 is 9.04 Å². The molecule has 156 valence electrons. The first-order valence-corrected chi connectivity index (χ1v) is 11.2. The summed E-state index contributed by atoms with van der Waals surface area (Å²) in [6.45, 7) is 2.12. The number of Topliss-reactive ketones (excluding diaryl/α,β-unsaturated/α-hetero) is 1. The van der Waals surface area contributed by atoms with Crippen molar-refractivity contribution >= 4 is 21.5 Å². The van der Waals surface area contributed by atoms with Crippen molar-refractivity contribution in [1.29, 1.82) is 0 Å². The molecule has 0 unspecified atom stereocenters. The Labute approximate surface area is 178 Å². The molecule has 0 aliphatic rings. The Hall–Kier alpha value is -3.12. The molecular weight excluding hydrogens is 398 g/mol. The topological polar surface area (TPSA) is 63.7 Å². The lowest BCUT2D eigenvalue weighted by molar-refractivity contribution is 0.0981. The predicted octanol–water partition coefficient (Wildman–Crippen LogP) is 4.86. The Bertz CT molecular complexity index is 1080. The van der Waals surface area contributed by atoms with Crippen LogP contribution in [0.15, 0.2) is 83.8 Å². The zero-order valence-electron chi connectivity index (χ0n) is 17.1. The van der Waals surface area contributed by atoms with Crippen molar-refractivity contribution in [2.24, 2.45) is 0 Å². The number of methoxy groups -OCH3 is 1. The fraction of sp³-hybridized carbons (Fsp3) is 0.208. The van der Waals surface area contributed by atoms with Gasteiger partial charge in [0.15, 0.2) is 5.78 Å². The van der Waals surface area contributed by atoms with Crippen molar-refractivity contribution in [2.45, 2.75) is 24.7 Å². The number of ether oxygens (including phenoxy) is 1. The second-order valence-electron chi connectivity index (χ2n) is 6.98. The number of nitrogens with zero attached hydrogens (tertiary/aromatic N) is 1. The normalized spacial score (nSPS) is 11.1. The molecule has 0 spiro atoms. The van der Waals surface area contributed by atoms with Gasteiger partial charge in [-0.15, -0.1) is 0 Å². The number of carbonyl (C=O) groups is 1. The molecule has 6 heteroatoms. The number of para-hydroxylation sites is 1. The highest BCUT2D eigenvalue weighted by atomic mass is 32.2. The van der Waals surface area contributed by atoms with Gasteiger partial charge in [-0.25, -0.2) is 8.42 Å². The van der Waals surface area contributed by atoms with Crippen LogP contribution in [-0.2, 0) is 10.0 Å². The lowest BCUT2D eigenvalue weighted by Crippen LogP contribution is -2.32. The predicted molar refractivity (Wildman–Crippen MR) is 119 cm³/mol. The Morgan fingerprint density at radius 3 is 2.13 bits per heavy atom. The number of ketones is 1. The third-order valence-electron chi connectivity index (χ3n) is 4.83. The van der Waals surface area contributed by atoms with Gasteiger partial charge in [0.25, 0.3) is 10.0 Å². The molecule has 0 heterocycles. The van der Waals surface area contributed by atoms with E-state index < -0.39 is 10.0 Å². The maximum atomic E-state index is 13.3. The molecule has 3 aromatic carbocycles. The van der Waals surface area contributed by atoms with Crippen molar-refractivity contribution in [3.8, 4) is 5.75 Å². The summed E-state index contributed by atoms with van der Waals surface area (Å²) >= 11 is 0. The van der Waals surface area contributed by atoms with E-state index in [1.54, 1.807) is 79.9 Å². The summed E-state index contributed by atoms with van der Waals surface area (Å²) in [6, 6.07) is 22.7. The lowest BCUT2D eigenvalue weighted by Gasteiger charge is -2.24. The van der Waals surface area contributed by atoms with Crippen LogP contribution >= 0.6 is 0 Å². The minimum Gasteiger partial charge on any atom is -0.497 e. The molecule has 0 amide bonds. The van der Waals surface area contributed by atoms with Gasteiger partial charge in [0.1, 0.15) is 5.75 Å². The average Bonchev–Trinajstić information content (AvgIpc) is 2.77. The molecule has 0 bridgehead atoms. The van der Waals surface area contributed by atoms with Gasteiger partial charge >= 0.3 is 0 Å². The van der Waals surface area contributed by atoms with Crippen LogP contribution in [0.3, 0.4) is 0 Å². The van der Waals surface area contributed by atoms with Gasteiger partial charge in [-0.2, -0.15) is 0 Å². The van der Waals surface area contributed by atoms with E-state index in [1.807, 2.05) is 13.0 Å². The summed E-state index contributed by atoms with van der Waals surface area (Å²) < 4.78 is 33.1. The number of benzene rings is 3. The highest BCUT2D eigenvalue weighted by Crippen LogP contribution is 2.24. The fourth-order valence-corrected chi connectivity index (χ4v) is 4.63. The monoisotopic (exact) mass is 423 g/mol. The summed E-state index contributed by atoms with van der Waals surface area (Å²) in [6.07, 6.45) is 0.657. The van der Waals surface area contributed by atoms with Crippen molar-refractivity contribution in [3.63, 3.8) is 0 Å². The van der Waals surface area contributed by atoms with Crippen molar-refractivity contribution in [2.75, 3.05) is 18.0 Å². The Balaban J connectivity index is 1.76. The number of carbonyl (C=O) groups excluding carboxylic acids is 1. The van der Waals surface area contributed by atoms with E-state index in [-0.39, 0.29) is 23.6 Å². The summed E-state index contributed by atoms with van der Waals surface area (Å²) in [7, 11) is -2.16. The molecule has 0 saturated carbocycles. The number of anilines is 1. The average molecular weight is 424 g/mol. The maximum Gasteiger partial charge on any atom is 0.264 e. The van der Waals surface area contributed by atoms with Crippen molar-refractivity contribution < 1.29 is 17.9 Å². The van der Waals surface area contributed by atoms with Crippen LogP contribution in [0.2, 0.25) is 0 Å². The minimum absolute atomic E-state index is 0.0293. The summed E-state index contributed by atoms with van der Waals surface area (Å²) in [4.78, 5) is 12.7. The molecule has 3 aromatic rings. The first kappa shape index (κ1) is 21.6. The molecule has 0 aromatic heterocycles. The number of hydrogen-bond acceptors (Lipinski definition) is 4. The number of sulfonamides is 1. The highest BCUT2D eigenvalue weighted by Gasteiger charge is 2.24. The van der Waals surface area contributed by atoms with Crippen molar-refractivity contribution in [3.05, 3.63) is 90.0 Å². The second-order valence-corrected chi connectivity index (χ2v) is 8.84. The number of rotatable bonds is 9. The maximum absolute atomic E-state index is 13.3. The van der Waals surface area contributed by atoms with Gasteiger partial charge in [0.2, 0.25) is 0 Å². The van der Waals surface area contributed by atoms with E-state index in [2.05, 4.69) is 0 Å². The van der Waals surface area contributed by atoms with E-state index >= 15 is 0 Å². The van der Waals surface area contributed by atoms with Gasteiger partial charge in [-0.3, -0.25) is 9.10 Å². The largest absolute Gasteiger partial charge is 0.497 e. The number of hydrogen-bond donors (Lipinski definition) is 0. The Kier molecular flexibility index (Phi) is 6.90. The number of aryl methyl sites for hydroxylation is 1.